The van der Waals surface area contributed by atoms with Crippen LogP contribution in [0.15, 0.2) is 30.5 Å². The summed E-state index contributed by atoms with van der Waals surface area (Å²) in [6.07, 6.45) is 10.4. The van der Waals surface area contributed by atoms with Gasteiger partial charge in [0.25, 0.3) is 0 Å². The Bertz CT molecular complexity index is 887. The number of hydrogen-bond donors (Lipinski definition) is 1. The van der Waals surface area contributed by atoms with Crippen molar-refractivity contribution in [3.8, 4) is 11.3 Å². The lowest BCUT2D eigenvalue weighted by atomic mass is 9.83. The van der Waals surface area contributed by atoms with Crippen LogP contribution in [0.25, 0.3) is 11.3 Å². The molecule has 0 bridgehead atoms. The maximum atomic E-state index is 13.4. The number of carbonyl (C=O) groups excluding carboxylic acids is 1. The lowest BCUT2D eigenvalue weighted by Gasteiger charge is -2.40. The van der Waals surface area contributed by atoms with Crippen molar-refractivity contribution in [3.63, 3.8) is 0 Å². The summed E-state index contributed by atoms with van der Waals surface area (Å²) in [5.74, 6) is 1.91. The highest BCUT2D eigenvalue weighted by molar-refractivity contribution is 6.30. The fourth-order valence-electron chi connectivity index (χ4n) is 5.07. The maximum Gasteiger partial charge on any atom is 0.240 e. The van der Waals surface area contributed by atoms with Crippen LogP contribution >= 0.6 is 11.6 Å². The number of nitrogens with two attached hydrogens (primary N) is 1. The fraction of sp³-hybridized carbons (Fsp3) is 0.600. The van der Waals surface area contributed by atoms with Crippen molar-refractivity contribution in [3.05, 3.63) is 41.3 Å². The zero-order chi connectivity index (χ0) is 22.0. The molecule has 0 spiro atoms. The van der Waals surface area contributed by atoms with Gasteiger partial charge in [-0.3, -0.25) is 4.79 Å². The number of fused-ring (bicyclic) bond motifs is 1. The number of amides is 1. The summed E-state index contributed by atoms with van der Waals surface area (Å²) in [4.78, 5) is 20.5. The Morgan fingerprint density at radius 1 is 1.19 bits per heavy atom. The molecule has 2 heterocycles. The van der Waals surface area contributed by atoms with Gasteiger partial charge in [0.15, 0.2) is 0 Å². The second kappa shape index (κ2) is 9.74. The molecule has 0 unspecified atom stereocenters. The number of imidazole rings is 1. The number of hydrogen-bond acceptors (Lipinski definition) is 3. The molecule has 6 heteroatoms. The topological polar surface area (TPSA) is 64.2 Å². The van der Waals surface area contributed by atoms with Crippen LogP contribution in [-0.2, 0) is 11.3 Å². The molecule has 4 rings (SSSR count). The molecule has 1 aromatic carbocycles. The lowest BCUT2D eigenvalue weighted by Crippen LogP contribution is -2.51. The molecule has 3 atom stereocenters. The quantitative estimate of drug-likeness (QED) is 0.648. The average molecular weight is 443 g/mol. The van der Waals surface area contributed by atoms with Crippen LogP contribution in [0.5, 0.6) is 0 Å². The van der Waals surface area contributed by atoms with Crippen molar-refractivity contribution < 1.29 is 4.79 Å². The maximum absolute atomic E-state index is 13.4. The predicted molar refractivity (Wildman–Crippen MR) is 126 cm³/mol. The first kappa shape index (κ1) is 22.3. The van der Waals surface area contributed by atoms with E-state index in [1.54, 1.807) is 0 Å². The summed E-state index contributed by atoms with van der Waals surface area (Å²) in [6, 6.07) is 7.37. The molecule has 1 aliphatic carbocycles. The Hall–Kier alpha value is -1.85. The Morgan fingerprint density at radius 3 is 2.58 bits per heavy atom. The van der Waals surface area contributed by atoms with E-state index in [4.69, 9.17) is 22.3 Å². The number of halogens is 1. The van der Waals surface area contributed by atoms with E-state index >= 15 is 0 Å². The first-order valence-corrected chi connectivity index (χ1v) is 12.2. The number of rotatable bonds is 6. The molecule has 1 aliphatic heterocycles. The molecular formula is C25H35ClN4O. The zero-order valence-corrected chi connectivity index (χ0v) is 19.5. The number of benzene rings is 1. The van der Waals surface area contributed by atoms with Gasteiger partial charge in [0.05, 0.1) is 17.8 Å². The van der Waals surface area contributed by atoms with Gasteiger partial charge >= 0.3 is 0 Å². The van der Waals surface area contributed by atoms with Crippen LogP contribution in [0.2, 0.25) is 5.02 Å². The second-order valence-electron chi connectivity index (χ2n) is 9.38. The van der Waals surface area contributed by atoms with E-state index in [1.165, 1.54) is 32.1 Å². The third-order valence-electron chi connectivity index (χ3n) is 7.31. The van der Waals surface area contributed by atoms with E-state index in [-0.39, 0.29) is 17.9 Å². The Labute approximate surface area is 191 Å². The van der Waals surface area contributed by atoms with Gasteiger partial charge < -0.3 is 15.2 Å². The second-order valence-corrected chi connectivity index (χ2v) is 9.82. The van der Waals surface area contributed by atoms with Crippen molar-refractivity contribution in [1.82, 2.24) is 14.5 Å². The summed E-state index contributed by atoms with van der Waals surface area (Å²) in [5.41, 5.74) is 8.39. The van der Waals surface area contributed by atoms with Gasteiger partial charge in [0, 0.05) is 29.9 Å². The minimum absolute atomic E-state index is 0.000469. The molecule has 0 radical (unpaired) electrons. The van der Waals surface area contributed by atoms with Gasteiger partial charge in [-0.25, -0.2) is 4.98 Å². The van der Waals surface area contributed by atoms with Crippen LogP contribution in [0.4, 0.5) is 0 Å². The van der Waals surface area contributed by atoms with Crippen molar-refractivity contribution in [2.45, 2.75) is 77.4 Å². The monoisotopic (exact) mass is 442 g/mol. The Morgan fingerprint density at radius 2 is 1.90 bits per heavy atom. The molecule has 31 heavy (non-hydrogen) atoms. The van der Waals surface area contributed by atoms with Gasteiger partial charge in [-0.1, -0.05) is 76.1 Å². The molecule has 2 aromatic rings. The minimum atomic E-state index is -0.448. The largest absolute Gasteiger partial charge is 0.331 e. The van der Waals surface area contributed by atoms with Gasteiger partial charge in [-0.2, -0.15) is 0 Å². The van der Waals surface area contributed by atoms with Gasteiger partial charge in [0.1, 0.15) is 5.82 Å². The van der Waals surface area contributed by atoms with E-state index < -0.39 is 6.04 Å². The van der Waals surface area contributed by atoms with Crippen molar-refractivity contribution >= 4 is 17.5 Å². The third-order valence-corrected chi connectivity index (χ3v) is 7.56. The summed E-state index contributed by atoms with van der Waals surface area (Å²) in [7, 11) is 0. The van der Waals surface area contributed by atoms with Crippen LogP contribution < -0.4 is 5.73 Å². The number of nitrogens with zero attached hydrogens (tertiary/aromatic N) is 3. The average Bonchev–Trinajstić information content (AvgIpc) is 3.24. The van der Waals surface area contributed by atoms with Crippen LogP contribution in [0, 0.1) is 11.8 Å². The van der Waals surface area contributed by atoms with Crippen molar-refractivity contribution in [2.75, 3.05) is 6.54 Å². The van der Waals surface area contributed by atoms with Crippen LogP contribution in [0.1, 0.15) is 70.7 Å². The molecular weight excluding hydrogens is 408 g/mol. The first-order valence-electron chi connectivity index (χ1n) is 11.9. The van der Waals surface area contributed by atoms with E-state index in [2.05, 4.69) is 24.6 Å². The van der Waals surface area contributed by atoms with Crippen molar-refractivity contribution in [2.24, 2.45) is 17.6 Å². The third kappa shape index (κ3) is 4.83. The molecule has 2 N–H and O–H groups in total. The lowest BCUT2D eigenvalue weighted by molar-refractivity contribution is -0.138. The highest BCUT2D eigenvalue weighted by Crippen LogP contribution is 2.38. The fourth-order valence-corrected chi connectivity index (χ4v) is 5.20. The molecule has 0 saturated heterocycles. The smallest absolute Gasteiger partial charge is 0.240 e. The van der Waals surface area contributed by atoms with Gasteiger partial charge in [-0.15, -0.1) is 0 Å². The standard InChI is InChI=1S/C25H35ClN4O/c1-3-17(2)23(27)25(31)30-14-13-29-16-21(19-9-11-20(26)12-10-19)28-24(29)22(30)15-18-7-5-4-6-8-18/h9-12,16-18,22-23H,3-8,13-15,27H2,1-2H3/t17-,22-,23-/m0/s1. The highest BCUT2D eigenvalue weighted by Gasteiger charge is 2.37. The molecule has 2 aliphatic rings. The number of aromatic nitrogens is 2. The van der Waals surface area contributed by atoms with Crippen LogP contribution in [0.3, 0.4) is 0 Å². The Balaban J connectivity index is 1.65. The number of carbonyl (C=O) groups is 1. The summed E-state index contributed by atoms with van der Waals surface area (Å²) in [6.45, 7) is 5.63. The summed E-state index contributed by atoms with van der Waals surface area (Å²) < 4.78 is 2.25. The van der Waals surface area contributed by atoms with E-state index in [0.717, 1.165) is 41.5 Å². The van der Waals surface area contributed by atoms with E-state index in [1.807, 2.05) is 29.2 Å². The summed E-state index contributed by atoms with van der Waals surface area (Å²) in [5, 5.41) is 0.721. The molecule has 1 amide bonds. The molecule has 168 valence electrons. The van der Waals surface area contributed by atoms with Gasteiger partial charge in [0.2, 0.25) is 5.91 Å². The highest BCUT2D eigenvalue weighted by atomic mass is 35.5. The van der Waals surface area contributed by atoms with E-state index in [9.17, 15) is 4.79 Å². The van der Waals surface area contributed by atoms with Crippen LogP contribution in [-0.4, -0.2) is 32.9 Å². The normalized spacial score (nSPS) is 21.5. The van der Waals surface area contributed by atoms with Crippen molar-refractivity contribution in [1.29, 1.82) is 0 Å². The van der Waals surface area contributed by atoms with E-state index in [0.29, 0.717) is 12.5 Å². The zero-order valence-electron chi connectivity index (χ0n) is 18.8. The minimum Gasteiger partial charge on any atom is -0.331 e. The Kier molecular flexibility index (Phi) is 7.02. The molecule has 1 fully saturated rings. The molecule has 5 nitrogen and oxygen atoms in total. The molecule has 1 aromatic heterocycles. The predicted octanol–water partition coefficient (Wildman–Crippen LogP) is 5.43. The molecule has 1 saturated carbocycles. The SMILES string of the molecule is CC[C@H](C)[C@H](N)C(=O)N1CCn2cc(-c3ccc(Cl)cc3)nc2[C@@H]1CC1CCCCC1. The van der Waals surface area contributed by atoms with Gasteiger partial charge in [-0.05, 0) is 30.4 Å². The summed E-state index contributed by atoms with van der Waals surface area (Å²) >= 11 is 6.07. The first-order chi connectivity index (χ1) is 15.0.